The first-order chi connectivity index (χ1) is 5.31. The van der Waals surface area contributed by atoms with Gasteiger partial charge in [0.05, 0.1) is 0 Å². The van der Waals surface area contributed by atoms with E-state index in [1.165, 1.54) is 25.9 Å². The van der Waals surface area contributed by atoms with Gasteiger partial charge in [-0.1, -0.05) is 0 Å². The van der Waals surface area contributed by atoms with Crippen LogP contribution in [0, 0.1) is 11.8 Å². The molecular formula is C9H18N2. The molecule has 1 aliphatic heterocycles. The van der Waals surface area contributed by atoms with Gasteiger partial charge < -0.3 is 10.2 Å². The summed E-state index contributed by atoms with van der Waals surface area (Å²) >= 11 is 0. The topological polar surface area (TPSA) is 15.3 Å². The van der Waals surface area contributed by atoms with E-state index in [0.29, 0.717) is 0 Å². The van der Waals surface area contributed by atoms with E-state index in [9.17, 15) is 0 Å². The van der Waals surface area contributed by atoms with Crippen molar-refractivity contribution in [1.29, 1.82) is 0 Å². The van der Waals surface area contributed by atoms with Crippen molar-refractivity contribution >= 4 is 0 Å². The minimum Gasteiger partial charge on any atom is -0.316 e. The maximum absolute atomic E-state index is 3.46. The van der Waals surface area contributed by atoms with Gasteiger partial charge in [-0.25, -0.2) is 0 Å². The molecule has 2 fully saturated rings. The number of piperidine rings is 1. The first-order valence-electron chi connectivity index (χ1n) is 4.67. The lowest BCUT2D eigenvalue weighted by atomic mass is 9.93. The zero-order valence-electron chi connectivity index (χ0n) is 7.51. The highest BCUT2D eigenvalue weighted by atomic mass is 15.1. The molecule has 2 rings (SSSR count). The van der Waals surface area contributed by atoms with E-state index in [0.717, 1.165) is 17.9 Å². The third-order valence-electron chi connectivity index (χ3n) is 3.35. The molecule has 0 aromatic heterocycles. The third-order valence-corrected chi connectivity index (χ3v) is 3.35. The first-order valence-corrected chi connectivity index (χ1v) is 4.67. The smallest absolute Gasteiger partial charge is 0.0145 e. The number of nitrogens with zero attached hydrogens (tertiary/aromatic N) is 1. The molecule has 0 aromatic rings. The maximum Gasteiger partial charge on any atom is 0.0145 e. The SMILES string of the molecule is CNC1C2CCC1CN(C)C2. The fourth-order valence-electron chi connectivity index (χ4n) is 2.93. The summed E-state index contributed by atoms with van der Waals surface area (Å²) < 4.78 is 0. The summed E-state index contributed by atoms with van der Waals surface area (Å²) in [5.74, 6) is 1.87. The van der Waals surface area contributed by atoms with Gasteiger partial charge in [-0.05, 0) is 38.8 Å². The Morgan fingerprint density at radius 2 is 1.73 bits per heavy atom. The Bertz CT molecular complexity index is 132. The predicted molar refractivity (Wildman–Crippen MR) is 46.6 cm³/mol. The molecule has 2 aliphatic rings. The third kappa shape index (κ3) is 1.18. The predicted octanol–water partition coefficient (Wildman–Crippen LogP) is 0.546. The molecule has 2 atom stereocenters. The molecule has 1 saturated carbocycles. The molecule has 64 valence electrons. The monoisotopic (exact) mass is 154 g/mol. The van der Waals surface area contributed by atoms with E-state index >= 15 is 0 Å². The Morgan fingerprint density at radius 3 is 2.18 bits per heavy atom. The Balaban J connectivity index is 2.06. The van der Waals surface area contributed by atoms with E-state index in [1.54, 1.807) is 0 Å². The van der Waals surface area contributed by atoms with E-state index < -0.39 is 0 Å². The number of likely N-dealkylation sites (tertiary alicyclic amines) is 1. The van der Waals surface area contributed by atoms with Crippen LogP contribution in [-0.4, -0.2) is 38.1 Å². The standard InChI is InChI=1S/C9H18N2/c1-10-9-7-3-4-8(9)6-11(2)5-7/h7-10H,3-6H2,1-2H3. The number of rotatable bonds is 1. The Hall–Kier alpha value is -0.0800. The average molecular weight is 154 g/mol. The second-order valence-corrected chi connectivity index (χ2v) is 4.13. The highest BCUT2D eigenvalue weighted by molar-refractivity contribution is 4.95. The van der Waals surface area contributed by atoms with Gasteiger partial charge in [-0.15, -0.1) is 0 Å². The zero-order chi connectivity index (χ0) is 7.84. The van der Waals surface area contributed by atoms with Gasteiger partial charge in [-0.2, -0.15) is 0 Å². The van der Waals surface area contributed by atoms with Crippen LogP contribution in [-0.2, 0) is 0 Å². The van der Waals surface area contributed by atoms with E-state index in [1.807, 2.05) is 0 Å². The summed E-state index contributed by atoms with van der Waals surface area (Å²) in [6.45, 7) is 2.62. The van der Waals surface area contributed by atoms with Gasteiger partial charge in [0.2, 0.25) is 0 Å². The summed E-state index contributed by atoms with van der Waals surface area (Å²) in [6, 6.07) is 0.825. The van der Waals surface area contributed by atoms with Crippen LogP contribution in [0.2, 0.25) is 0 Å². The molecule has 0 aromatic carbocycles. The molecule has 2 bridgehead atoms. The average Bonchev–Trinajstić information content (AvgIpc) is 2.23. The van der Waals surface area contributed by atoms with E-state index in [2.05, 4.69) is 24.3 Å². The molecule has 1 saturated heterocycles. The van der Waals surface area contributed by atoms with Gasteiger partial charge >= 0.3 is 0 Å². The highest BCUT2D eigenvalue weighted by Gasteiger charge is 2.39. The van der Waals surface area contributed by atoms with Gasteiger partial charge in [0.1, 0.15) is 0 Å². The fraction of sp³-hybridized carbons (Fsp3) is 1.00. The molecule has 1 heterocycles. The van der Waals surface area contributed by atoms with Crippen LogP contribution in [0.1, 0.15) is 12.8 Å². The summed E-state index contributed by atoms with van der Waals surface area (Å²) in [5, 5.41) is 3.46. The maximum atomic E-state index is 3.46. The van der Waals surface area contributed by atoms with Crippen molar-refractivity contribution < 1.29 is 0 Å². The molecule has 2 nitrogen and oxygen atoms in total. The number of fused-ring (bicyclic) bond motifs is 2. The molecule has 0 spiro atoms. The Morgan fingerprint density at radius 1 is 1.18 bits per heavy atom. The minimum absolute atomic E-state index is 0.825. The van der Waals surface area contributed by atoms with Crippen molar-refractivity contribution in [2.45, 2.75) is 18.9 Å². The molecule has 2 unspecified atom stereocenters. The number of nitrogens with one attached hydrogen (secondary N) is 1. The van der Waals surface area contributed by atoms with Crippen molar-refractivity contribution in [1.82, 2.24) is 10.2 Å². The van der Waals surface area contributed by atoms with Crippen LogP contribution in [0.3, 0.4) is 0 Å². The molecule has 1 N–H and O–H groups in total. The number of hydrogen-bond acceptors (Lipinski definition) is 2. The van der Waals surface area contributed by atoms with Crippen molar-refractivity contribution in [3.63, 3.8) is 0 Å². The van der Waals surface area contributed by atoms with Crippen molar-refractivity contribution in [3.8, 4) is 0 Å². The van der Waals surface area contributed by atoms with Crippen LogP contribution in [0.4, 0.5) is 0 Å². The summed E-state index contributed by atoms with van der Waals surface area (Å²) in [6.07, 6.45) is 2.89. The lowest BCUT2D eigenvalue weighted by Gasteiger charge is -2.35. The van der Waals surface area contributed by atoms with Crippen LogP contribution in [0.15, 0.2) is 0 Å². The lowest BCUT2D eigenvalue weighted by Crippen LogP contribution is -2.48. The normalized spacial score (nSPS) is 44.7. The second-order valence-electron chi connectivity index (χ2n) is 4.13. The van der Waals surface area contributed by atoms with Crippen LogP contribution >= 0.6 is 0 Å². The number of hydrogen-bond donors (Lipinski definition) is 1. The van der Waals surface area contributed by atoms with Gasteiger partial charge in [0.15, 0.2) is 0 Å². The molecular weight excluding hydrogens is 136 g/mol. The fourth-order valence-corrected chi connectivity index (χ4v) is 2.93. The van der Waals surface area contributed by atoms with Crippen LogP contribution in [0.25, 0.3) is 0 Å². The van der Waals surface area contributed by atoms with Crippen LogP contribution in [0.5, 0.6) is 0 Å². The molecule has 11 heavy (non-hydrogen) atoms. The summed E-state index contributed by atoms with van der Waals surface area (Å²) in [7, 11) is 4.36. The second kappa shape index (κ2) is 2.76. The molecule has 2 heteroatoms. The zero-order valence-corrected chi connectivity index (χ0v) is 7.51. The molecule has 0 radical (unpaired) electrons. The minimum atomic E-state index is 0.825. The van der Waals surface area contributed by atoms with Gasteiger partial charge in [0, 0.05) is 19.1 Å². The highest BCUT2D eigenvalue weighted by Crippen LogP contribution is 2.35. The first kappa shape index (κ1) is 7.56. The van der Waals surface area contributed by atoms with Gasteiger partial charge in [-0.3, -0.25) is 0 Å². The Labute approximate surface area is 69.0 Å². The molecule has 0 amide bonds. The van der Waals surface area contributed by atoms with Gasteiger partial charge in [0.25, 0.3) is 0 Å². The van der Waals surface area contributed by atoms with E-state index in [4.69, 9.17) is 0 Å². The summed E-state index contributed by atoms with van der Waals surface area (Å²) in [5.41, 5.74) is 0. The molecule has 1 aliphatic carbocycles. The quantitative estimate of drug-likeness (QED) is 0.593. The van der Waals surface area contributed by atoms with Crippen molar-refractivity contribution in [2.24, 2.45) is 11.8 Å². The Kier molecular flexibility index (Phi) is 1.90. The largest absolute Gasteiger partial charge is 0.316 e. The van der Waals surface area contributed by atoms with Crippen LogP contribution < -0.4 is 5.32 Å². The van der Waals surface area contributed by atoms with E-state index in [-0.39, 0.29) is 0 Å². The van der Waals surface area contributed by atoms with Crippen molar-refractivity contribution in [2.75, 3.05) is 27.2 Å². The van der Waals surface area contributed by atoms with Crippen molar-refractivity contribution in [3.05, 3.63) is 0 Å². The summed E-state index contributed by atoms with van der Waals surface area (Å²) in [4.78, 5) is 2.48. The lowest BCUT2D eigenvalue weighted by molar-refractivity contribution is 0.160.